The minimum absolute atomic E-state index is 0.967. The second-order valence-electron chi connectivity index (χ2n) is 7.34. The molecule has 194 valence electrons. The Hall–Kier alpha value is -1.44. The van der Waals surface area contributed by atoms with Crippen LogP contribution in [0.3, 0.4) is 0 Å². The van der Waals surface area contributed by atoms with Crippen molar-refractivity contribution >= 4 is 0 Å². The van der Waals surface area contributed by atoms with Crippen molar-refractivity contribution in [1.82, 2.24) is 0 Å². The Morgan fingerprint density at radius 1 is 0.394 bits per heavy atom. The van der Waals surface area contributed by atoms with E-state index in [2.05, 4.69) is 0 Å². The summed E-state index contributed by atoms with van der Waals surface area (Å²) in [7, 11) is 0. The maximum atomic E-state index is 14.6. The highest BCUT2D eigenvalue weighted by molar-refractivity contribution is 5.54. The Morgan fingerprint density at radius 3 is 0.758 bits per heavy atom. The predicted molar refractivity (Wildman–Crippen MR) is 55.7 cm³/mol. The average Bonchev–Trinajstić information content (AvgIpc) is 2.60. The fraction of sp³-hybridized carbons (Fsp3) is 1.00. The molecule has 0 heterocycles. The summed E-state index contributed by atoms with van der Waals surface area (Å²) in [5.41, 5.74) is -34.4. The number of hydrogen-bond acceptors (Lipinski definition) is 1. The van der Waals surface area contributed by atoms with E-state index in [1.54, 1.807) is 0 Å². The Balaban J connectivity index is 2.84. The molecule has 4 fully saturated rings. The van der Waals surface area contributed by atoms with E-state index >= 15 is 0 Å². The molecule has 0 N–H and O–H groups in total. The van der Waals surface area contributed by atoms with Crippen LogP contribution in [0.2, 0.25) is 0 Å². The lowest BCUT2D eigenvalue weighted by Crippen LogP contribution is -3.09. The highest BCUT2D eigenvalue weighted by Gasteiger charge is 3.25. The van der Waals surface area contributed by atoms with Crippen molar-refractivity contribution in [2.45, 2.75) is 64.6 Å². The first-order chi connectivity index (χ1) is 14.1. The lowest BCUT2D eigenvalue weighted by Gasteiger charge is -2.75. The van der Waals surface area contributed by atoms with E-state index in [9.17, 15) is 87.9 Å². The second-order valence-corrected chi connectivity index (χ2v) is 7.34. The normalized spacial score (nSPS) is 47.3. The molecule has 0 aromatic rings. The van der Waals surface area contributed by atoms with E-state index in [-0.39, 0.29) is 0 Å². The third-order valence-electron chi connectivity index (χ3n) is 6.26. The van der Waals surface area contributed by atoms with E-state index in [4.69, 9.17) is 0 Å². The van der Waals surface area contributed by atoms with E-state index in [1.165, 1.54) is 0 Å². The first kappa shape index (κ1) is 26.2. The van der Waals surface area contributed by atoms with Gasteiger partial charge in [-0.05, 0) is 4.53 Å². The van der Waals surface area contributed by atoms with Gasteiger partial charge in [0.05, 0.1) is 0 Å². The van der Waals surface area contributed by atoms with Gasteiger partial charge in [0.2, 0.25) is 5.41 Å². The fourth-order valence-corrected chi connectivity index (χ4v) is 4.77. The zero-order valence-corrected chi connectivity index (χ0v) is 14.0. The van der Waals surface area contributed by atoms with Crippen LogP contribution in [0.25, 0.3) is 0 Å². The molecule has 0 saturated heterocycles. The SMILES string of the molecule is FOC(F)(C(F)(F)F)C12C(F)(F)C3(F)C(F)(F)C(F)(C(F)(F)C(F)(C3(F)F)C1(F)F)C2(F)F. The van der Waals surface area contributed by atoms with E-state index in [0.29, 0.717) is 0 Å². The van der Waals surface area contributed by atoms with Crippen LogP contribution < -0.4 is 0 Å². The predicted octanol–water partition coefficient (Wildman–Crippen LogP) is 6.08. The van der Waals surface area contributed by atoms with Crippen LogP contribution in [-0.2, 0) is 4.94 Å². The summed E-state index contributed by atoms with van der Waals surface area (Å²) in [6.45, 7) is 0. The first-order valence-corrected chi connectivity index (χ1v) is 7.45. The lowest BCUT2D eigenvalue weighted by atomic mass is 9.35. The molecule has 0 radical (unpaired) electrons. The van der Waals surface area contributed by atoms with Crippen LogP contribution >= 0.6 is 0 Å². The highest BCUT2D eigenvalue weighted by Crippen LogP contribution is 2.93. The van der Waals surface area contributed by atoms with Gasteiger partial charge < -0.3 is 0 Å². The highest BCUT2D eigenvalue weighted by atomic mass is 19.4. The summed E-state index contributed by atoms with van der Waals surface area (Å²) < 4.78 is 280. The molecule has 4 rings (SSSR count). The molecule has 21 heteroatoms. The van der Waals surface area contributed by atoms with Crippen molar-refractivity contribution in [3.63, 3.8) is 0 Å². The molecule has 4 aliphatic carbocycles. The molecule has 0 spiro atoms. The largest absolute Gasteiger partial charge is 0.452 e. The minimum Gasteiger partial charge on any atom is -0.223 e. The summed E-state index contributed by atoms with van der Waals surface area (Å²) in [4.78, 5) is 0.967. The molecule has 33 heavy (non-hydrogen) atoms. The zero-order valence-electron chi connectivity index (χ0n) is 14.0. The van der Waals surface area contributed by atoms with Gasteiger partial charge in [0.1, 0.15) is 0 Å². The van der Waals surface area contributed by atoms with Crippen molar-refractivity contribution in [3.8, 4) is 0 Å². The van der Waals surface area contributed by atoms with Gasteiger partial charge in [0, 0.05) is 0 Å². The maximum absolute atomic E-state index is 14.6. The molecule has 4 aliphatic rings. The zero-order chi connectivity index (χ0) is 26.7. The van der Waals surface area contributed by atoms with E-state index in [1.807, 2.05) is 0 Å². The van der Waals surface area contributed by atoms with E-state index in [0.717, 1.165) is 4.94 Å². The molecule has 0 aromatic heterocycles. The number of hydrogen-bond donors (Lipinski definition) is 0. The molecular weight excluding hydrogens is 540 g/mol. The Bertz CT molecular complexity index is 788. The van der Waals surface area contributed by atoms with Gasteiger partial charge in [0.25, 0.3) is 0 Å². The van der Waals surface area contributed by atoms with Gasteiger partial charge in [-0.3, -0.25) is 0 Å². The number of rotatable bonds is 2. The molecule has 1 unspecified atom stereocenters. The Morgan fingerprint density at radius 2 is 0.606 bits per heavy atom. The summed E-state index contributed by atoms with van der Waals surface area (Å²) in [6, 6.07) is 0. The Labute approximate surface area is 164 Å². The molecule has 1 nitrogen and oxygen atoms in total. The summed E-state index contributed by atoms with van der Waals surface area (Å²) in [6.07, 6.45) is -8.24. The van der Waals surface area contributed by atoms with Crippen LogP contribution in [0.4, 0.5) is 87.9 Å². The Kier molecular flexibility index (Phi) is 4.14. The van der Waals surface area contributed by atoms with Crippen molar-refractivity contribution in [2.75, 3.05) is 0 Å². The standard InChI is InChI=1S/C12F20O/c13-2-5(16,17)1(11(28,33-32)12(29,30)31)6(18,19)3(14,8(2,22)23)10(26,27)4(15,7(1,20)21)9(2,24)25. The number of halogens is 20. The van der Waals surface area contributed by atoms with Gasteiger partial charge in [-0.1, -0.05) is 0 Å². The molecule has 1 atom stereocenters. The van der Waals surface area contributed by atoms with Gasteiger partial charge in [-0.15, -0.1) is 4.94 Å². The molecule has 4 bridgehead atoms. The van der Waals surface area contributed by atoms with Crippen LogP contribution in [0.1, 0.15) is 0 Å². The molecule has 0 amide bonds. The van der Waals surface area contributed by atoms with Crippen LogP contribution in [0.5, 0.6) is 0 Å². The number of alkyl halides is 19. The maximum Gasteiger partial charge on any atom is 0.452 e. The summed E-state index contributed by atoms with van der Waals surface area (Å²) in [5.74, 6) is -60.2. The van der Waals surface area contributed by atoms with Gasteiger partial charge in [0.15, 0.2) is 0 Å². The van der Waals surface area contributed by atoms with Crippen LogP contribution in [-0.4, -0.2) is 64.6 Å². The molecule has 0 aliphatic heterocycles. The van der Waals surface area contributed by atoms with Crippen LogP contribution in [0, 0.1) is 5.41 Å². The lowest BCUT2D eigenvalue weighted by molar-refractivity contribution is -0.649. The van der Waals surface area contributed by atoms with Gasteiger partial charge in [-0.25, -0.2) is 39.5 Å². The van der Waals surface area contributed by atoms with Crippen molar-refractivity contribution in [1.29, 1.82) is 0 Å². The fourth-order valence-electron chi connectivity index (χ4n) is 4.77. The van der Waals surface area contributed by atoms with Gasteiger partial charge in [-0.2, -0.15) is 43.9 Å². The quantitative estimate of drug-likeness (QED) is 0.386. The van der Waals surface area contributed by atoms with E-state index < -0.39 is 70.0 Å². The minimum atomic E-state index is -8.82. The molecule has 4 saturated carbocycles. The smallest absolute Gasteiger partial charge is 0.223 e. The molecular formula is C12F20O. The summed E-state index contributed by atoms with van der Waals surface area (Å²) >= 11 is 0. The van der Waals surface area contributed by atoms with Crippen molar-refractivity contribution in [3.05, 3.63) is 0 Å². The first-order valence-electron chi connectivity index (χ1n) is 7.45. The summed E-state index contributed by atoms with van der Waals surface area (Å²) in [5, 5.41) is 0. The van der Waals surface area contributed by atoms with Crippen LogP contribution in [0.15, 0.2) is 0 Å². The molecule has 0 aromatic carbocycles. The van der Waals surface area contributed by atoms with Crippen molar-refractivity contribution < 1.29 is 92.9 Å². The topological polar surface area (TPSA) is 9.23 Å². The third kappa shape index (κ3) is 1.53. The van der Waals surface area contributed by atoms with Gasteiger partial charge >= 0.3 is 64.6 Å². The third-order valence-corrected chi connectivity index (χ3v) is 6.26. The second kappa shape index (κ2) is 5.21. The average molecular weight is 540 g/mol. The monoisotopic (exact) mass is 540 g/mol. The van der Waals surface area contributed by atoms with Crippen molar-refractivity contribution in [2.24, 2.45) is 5.41 Å².